The smallest absolute Gasteiger partial charge is 0.131 e. The molecular formula is C19H19BrClN3OS2. The van der Waals surface area contributed by atoms with E-state index in [-0.39, 0.29) is 18.1 Å². The summed E-state index contributed by atoms with van der Waals surface area (Å²) >= 11 is 13.5. The van der Waals surface area contributed by atoms with E-state index in [0.29, 0.717) is 5.15 Å². The highest BCUT2D eigenvalue weighted by molar-refractivity contribution is 9.10. The Balaban J connectivity index is 1.72. The third-order valence-corrected chi connectivity index (χ3v) is 8.26. The molecule has 3 heterocycles. The maximum atomic E-state index is 6.50. The molecule has 27 heavy (non-hydrogen) atoms. The number of fused-ring (bicyclic) bond motifs is 1. The topological polar surface area (TPSA) is 60.2 Å². The molecular weight excluding hydrogens is 466 g/mol. The molecule has 1 aliphatic carbocycles. The minimum absolute atomic E-state index is 0.0752. The number of allylic oxidation sites excluding steroid dienone is 1. The molecule has 0 saturated carbocycles. The summed E-state index contributed by atoms with van der Waals surface area (Å²) in [5, 5.41) is 6.07. The van der Waals surface area contributed by atoms with Crippen molar-refractivity contribution < 1.29 is 4.74 Å². The predicted octanol–water partition coefficient (Wildman–Crippen LogP) is 5.77. The third kappa shape index (κ3) is 3.81. The third-order valence-electron chi connectivity index (χ3n) is 4.78. The molecule has 0 fully saturated rings. The lowest BCUT2D eigenvalue weighted by Crippen LogP contribution is -2.41. The van der Waals surface area contributed by atoms with Crippen molar-refractivity contribution in [1.29, 1.82) is 0 Å². The number of anilines is 1. The van der Waals surface area contributed by atoms with Gasteiger partial charge < -0.3 is 15.8 Å². The molecule has 0 saturated heterocycles. The Bertz CT molecular complexity index is 973. The lowest BCUT2D eigenvalue weighted by molar-refractivity contribution is 0.105. The number of pyridine rings is 1. The highest BCUT2D eigenvalue weighted by atomic mass is 79.9. The van der Waals surface area contributed by atoms with Gasteiger partial charge in [-0.05, 0) is 33.8 Å². The zero-order valence-corrected chi connectivity index (χ0v) is 18.6. The minimum Gasteiger partial charge on any atom is -0.379 e. The van der Waals surface area contributed by atoms with Gasteiger partial charge in [0.05, 0.1) is 26.5 Å². The molecule has 4 rings (SSSR count). The van der Waals surface area contributed by atoms with Crippen LogP contribution in [0.25, 0.3) is 10.2 Å². The van der Waals surface area contributed by atoms with Crippen molar-refractivity contribution in [2.75, 3.05) is 12.4 Å². The van der Waals surface area contributed by atoms with Crippen molar-refractivity contribution >= 4 is 66.1 Å². The molecule has 3 N–H and O–H groups in total. The summed E-state index contributed by atoms with van der Waals surface area (Å²) in [6, 6.07) is 5.97. The quantitative estimate of drug-likeness (QED) is 0.356. The van der Waals surface area contributed by atoms with Gasteiger partial charge in [-0.1, -0.05) is 29.8 Å². The van der Waals surface area contributed by atoms with Gasteiger partial charge in [0.2, 0.25) is 0 Å². The van der Waals surface area contributed by atoms with Crippen LogP contribution >= 0.6 is 50.2 Å². The second-order valence-corrected chi connectivity index (χ2v) is 9.70. The summed E-state index contributed by atoms with van der Waals surface area (Å²) in [4.78, 5) is 7.03. The van der Waals surface area contributed by atoms with Gasteiger partial charge in [-0.25, -0.2) is 4.98 Å². The molecule has 0 aliphatic heterocycles. The van der Waals surface area contributed by atoms with Gasteiger partial charge in [-0.3, -0.25) is 0 Å². The van der Waals surface area contributed by atoms with Gasteiger partial charge in [-0.15, -0.1) is 22.7 Å². The Morgan fingerprint density at radius 3 is 3.07 bits per heavy atom. The Morgan fingerprint density at radius 2 is 2.33 bits per heavy atom. The van der Waals surface area contributed by atoms with Crippen molar-refractivity contribution in [1.82, 2.24) is 4.98 Å². The average Bonchev–Trinajstić information content (AvgIpc) is 3.29. The first-order valence-electron chi connectivity index (χ1n) is 8.58. The first-order chi connectivity index (χ1) is 13.1. The zero-order chi connectivity index (χ0) is 19.0. The van der Waals surface area contributed by atoms with Crippen LogP contribution < -0.4 is 11.1 Å². The molecule has 8 heteroatoms. The molecule has 0 spiro atoms. The predicted molar refractivity (Wildman–Crippen MR) is 119 cm³/mol. The van der Waals surface area contributed by atoms with E-state index in [1.165, 1.54) is 9.75 Å². The number of thiophene rings is 2. The fraction of sp³-hybridized carbons (Fsp3) is 0.316. The number of methoxy groups -OCH3 is 1. The first-order valence-corrected chi connectivity index (χ1v) is 11.4. The molecule has 142 valence electrons. The van der Waals surface area contributed by atoms with Crippen LogP contribution in [-0.4, -0.2) is 24.2 Å². The number of rotatable bonds is 5. The Hall–Kier alpha value is -0.960. The number of hydrogen-bond acceptors (Lipinski definition) is 6. The molecule has 0 amide bonds. The summed E-state index contributed by atoms with van der Waals surface area (Å²) in [6.07, 6.45) is 5.01. The molecule has 0 bridgehead atoms. The van der Waals surface area contributed by atoms with Crippen molar-refractivity contribution in [3.63, 3.8) is 0 Å². The van der Waals surface area contributed by atoms with Gasteiger partial charge >= 0.3 is 0 Å². The van der Waals surface area contributed by atoms with E-state index in [9.17, 15) is 0 Å². The van der Waals surface area contributed by atoms with Crippen LogP contribution in [0, 0.1) is 0 Å². The summed E-state index contributed by atoms with van der Waals surface area (Å²) < 4.78 is 7.59. The fourth-order valence-corrected chi connectivity index (χ4v) is 6.47. The maximum Gasteiger partial charge on any atom is 0.131 e. The second-order valence-electron chi connectivity index (χ2n) is 6.43. The van der Waals surface area contributed by atoms with Crippen LogP contribution in [0.1, 0.15) is 22.1 Å². The minimum atomic E-state index is -0.0950. The van der Waals surface area contributed by atoms with Crippen LogP contribution in [0.3, 0.4) is 0 Å². The second kappa shape index (κ2) is 8.19. The average molecular weight is 485 g/mol. The molecule has 3 atom stereocenters. The van der Waals surface area contributed by atoms with Crippen LogP contribution in [0.4, 0.5) is 5.69 Å². The number of hydrogen-bond donors (Lipinski definition) is 2. The Labute approximate surface area is 179 Å². The molecule has 1 aliphatic rings. The van der Waals surface area contributed by atoms with E-state index in [2.05, 4.69) is 49.8 Å². The van der Waals surface area contributed by atoms with Crippen LogP contribution in [0.2, 0.25) is 5.15 Å². The number of aromatic nitrogens is 1. The van der Waals surface area contributed by atoms with E-state index in [1.54, 1.807) is 29.8 Å². The molecule has 0 aromatic carbocycles. The Morgan fingerprint density at radius 1 is 1.48 bits per heavy atom. The van der Waals surface area contributed by atoms with Crippen LogP contribution in [-0.2, 0) is 11.3 Å². The number of nitrogens with zero attached hydrogens (tertiary/aromatic N) is 1. The standard InChI is InChI=1S/C19H19BrClN3OS2/c1-25-13-6-2-5-11(16(13)22)18-15(20)17-19(27-18)12(8-14(21)24-17)23-9-10-4-3-7-26-10/h2-4,6-8,11,13,16H,5,9,22H2,1H3,(H,23,24)/t11-,13+,16+/m1/s1. The highest BCUT2D eigenvalue weighted by Gasteiger charge is 2.32. The van der Waals surface area contributed by atoms with Crippen molar-refractivity contribution in [2.45, 2.75) is 31.0 Å². The summed E-state index contributed by atoms with van der Waals surface area (Å²) in [6.45, 7) is 0.759. The normalized spacial score (nSPS) is 22.4. The van der Waals surface area contributed by atoms with Gasteiger partial charge in [0.25, 0.3) is 0 Å². The first kappa shape index (κ1) is 19.4. The SMILES string of the molecule is CO[C@H]1C=CC[C@@H](c2sc3c(NCc4cccs4)cc(Cl)nc3c2Br)[C@@H]1N. The summed E-state index contributed by atoms with van der Waals surface area (Å²) in [7, 11) is 1.70. The fourth-order valence-electron chi connectivity index (χ4n) is 3.38. The van der Waals surface area contributed by atoms with Gasteiger partial charge in [0.1, 0.15) is 5.15 Å². The number of halogens is 2. The van der Waals surface area contributed by atoms with Crippen molar-refractivity contribution in [3.8, 4) is 0 Å². The Kier molecular flexibility index (Phi) is 5.87. The lowest BCUT2D eigenvalue weighted by atomic mass is 9.86. The number of nitrogens with one attached hydrogen (secondary N) is 1. The van der Waals surface area contributed by atoms with E-state index in [1.807, 2.05) is 12.1 Å². The molecule has 3 aromatic rings. The van der Waals surface area contributed by atoms with E-state index in [0.717, 1.165) is 33.3 Å². The largest absolute Gasteiger partial charge is 0.379 e. The van der Waals surface area contributed by atoms with Crippen molar-refractivity contribution in [2.24, 2.45) is 5.73 Å². The van der Waals surface area contributed by atoms with E-state index in [4.69, 9.17) is 22.1 Å². The molecule has 0 radical (unpaired) electrons. The monoisotopic (exact) mass is 483 g/mol. The van der Waals surface area contributed by atoms with Crippen molar-refractivity contribution in [3.05, 3.63) is 55.1 Å². The van der Waals surface area contributed by atoms with Crippen LogP contribution in [0.15, 0.2) is 40.2 Å². The number of nitrogens with two attached hydrogens (primary N) is 1. The zero-order valence-electron chi connectivity index (χ0n) is 14.6. The summed E-state index contributed by atoms with van der Waals surface area (Å²) in [5.74, 6) is 0.178. The van der Waals surface area contributed by atoms with Gasteiger partial charge in [0, 0.05) is 41.4 Å². The van der Waals surface area contributed by atoms with Crippen LogP contribution in [0.5, 0.6) is 0 Å². The lowest BCUT2D eigenvalue weighted by Gasteiger charge is -2.30. The van der Waals surface area contributed by atoms with E-state index >= 15 is 0 Å². The number of ether oxygens (including phenoxy) is 1. The van der Waals surface area contributed by atoms with E-state index < -0.39 is 0 Å². The van der Waals surface area contributed by atoms with Gasteiger partial charge in [0.15, 0.2) is 0 Å². The maximum absolute atomic E-state index is 6.50. The van der Waals surface area contributed by atoms with Gasteiger partial charge in [-0.2, -0.15) is 0 Å². The highest BCUT2D eigenvalue weighted by Crippen LogP contribution is 2.46. The summed E-state index contributed by atoms with van der Waals surface area (Å²) in [5.41, 5.74) is 8.38. The molecule has 3 aromatic heterocycles. The molecule has 0 unspecified atom stereocenters. The molecule has 4 nitrogen and oxygen atoms in total.